The molecule has 0 bridgehead atoms. The zero-order valence-corrected chi connectivity index (χ0v) is 11.9. The van der Waals surface area contributed by atoms with Gasteiger partial charge < -0.3 is 5.32 Å². The fraction of sp³-hybridized carbons (Fsp3) is 0.167. The molecule has 2 heteroatoms. The first kappa shape index (κ1) is 12.7. The van der Waals surface area contributed by atoms with Gasteiger partial charge in [-0.3, -0.25) is 4.98 Å². The van der Waals surface area contributed by atoms with Crippen LogP contribution in [0, 0.1) is 6.92 Å². The first-order valence-corrected chi connectivity index (χ1v) is 6.98. The lowest BCUT2D eigenvalue weighted by atomic mass is 10.1. The van der Waals surface area contributed by atoms with Crippen molar-refractivity contribution in [2.75, 3.05) is 5.32 Å². The predicted molar refractivity (Wildman–Crippen MR) is 85.6 cm³/mol. The fourth-order valence-corrected chi connectivity index (χ4v) is 2.38. The molecule has 0 aliphatic carbocycles. The predicted octanol–water partition coefficient (Wildman–Crippen LogP) is 4.85. The Bertz CT molecular complexity index is 747. The molecule has 1 heterocycles. The van der Waals surface area contributed by atoms with Crippen molar-refractivity contribution in [3.8, 4) is 0 Å². The van der Waals surface area contributed by atoms with Crippen molar-refractivity contribution in [2.24, 2.45) is 0 Å². The number of hydrogen-bond donors (Lipinski definition) is 1. The van der Waals surface area contributed by atoms with Crippen molar-refractivity contribution >= 4 is 22.3 Å². The van der Waals surface area contributed by atoms with Crippen LogP contribution in [0.1, 0.15) is 18.1 Å². The molecule has 0 saturated heterocycles. The van der Waals surface area contributed by atoms with Crippen LogP contribution in [-0.4, -0.2) is 4.98 Å². The van der Waals surface area contributed by atoms with Crippen LogP contribution >= 0.6 is 0 Å². The van der Waals surface area contributed by atoms with Gasteiger partial charge in [0.15, 0.2) is 0 Å². The van der Waals surface area contributed by atoms with Crippen molar-refractivity contribution in [3.05, 3.63) is 65.9 Å². The Morgan fingerprint density at radius 1 is 1.00 bits per heavy atom. The van der Waals surface area contributed by atoms with Crippen LogP contribution < -0.4 is 5.32 Å². The third-order valence-corrected chi connectivity index (χ3v) is 3.63. The van der Waals surface area contributed by atoms with Gasteiger partial charge >= 0.3 is 0 Å². The van der Waals surface area contributed by atoms with Crippen LogP contribution in [0.2, 0.25) is 0 Å². The summed E-state index contributed by atoms with van der Waals surface area (Å²) in [6.45, 7) is 4.29. The number of anilines is 2. The smallest absolute Gasteiger partial charge is 0.0723 e. The molecule has 0 saturated carbocycles. The van der Waals surface area contributed by atoms with Gasteiger partial charge in [-0.15, -0.1) is 0 Å². The van der Waals surface area contributed by atoms with E-state index in [1.807, 2.05) is 12.3 Å². The van der Waals surface area contributed by atoms with E-state index in [2.05, 4.69) is 66.6 Å². The van der Waals surface area contributed by atoms with Gasteiger partial charge in [-0.2, -0.15) is 0 Å². The third-order valence-electron chi connectivity index (χ3n) is 3.63. The maximum absolute atomic E-state index is 4.44. The number of aryl methyl sites for hydroxylation is 2. The van der Waals surface area contributed by atoms with Gasteiger partial charge in [-0.1, -0.05) is 31.2 Å². The average Bonchev–Trinajstić information content (AvgIpc) is 2.49. The monoisotopic (exact) mass is 262 g/mol. The summed E-state index contributed by atoms with van der Waals surface area (Å²) in [5.41, 5.74) is 5.85. The van der Waals surface area contributed by atoms with E-state index >= 15 is 0 Å². The van der Waals surface area contributed by atoms with Crippen molar-refractivity contribution in [1.29, 1.82) is 0 Å². The van der Waals surface area contributed by atoms with E-state index in [-0.39, 0.29) is 0 Å². The highest BCUT2D eigenvalue weighted by atomic mass is 14.9. The molecule has 0 fully saturated rings. The average molecular weight is 262 g/mol. The van der Waals surface area contributed by atoms with Gasteiger partial charge in [0.25, 0.3) is 0 Å². The SMILES string of the molecule is CCc1ccc2nccc(Nc3ccccc3C)c2c1. The zero-order chi connectivity index (χ0) is 13.9. The highest BCUT2D eigenvalue weighted by Crippen LogP contribution is 2.27. The number of pyridine rings is 1. The number of nitrogens with zero attached hydrogens (tertiary/aromatic N) is 1. The van der Waals surface area contributed by atoms with Crippen LogP contribution in [0.4, 0.5) is 11.4 Å². The quantitative estimate of drug-likeness (QED) is 0.730. The van der Waals surface area contributed by atoms with Crippen LogP contribution in [0.3, 0.4) is 0 Å². The van der Waals surface area contributed by atoms with E-state index in [0.29, 0.717) is 0 Å². The highest BCUT2D eigenvalue weighted by molar-refractivity contribution is 5.93. The first-order chi connectivity index (χ1) is 9.78. The van der Waals surface area contributed by atoms with Gasteiger partial charge in [-0.25, -0.2) is 0 Å². The second-order valence-electron chi connectivity index (χ2n) is 5.00. The molecular weight excluding hydrogens is 244 g/mol. The topological polar surface area (TPSA) is 24.9 Å². The largest absolute Gasteiger partial charge is 0.355 e. The van der Waals surface area contributed by atoms with E-state index < -0.39 is 0 Å². The summed E-state index contributed by atoms with van der Waals surface area (Å²) in [6, 6.07) is 16.8. The molecule has 3 rings (SSSR count). The minimum Gasteiger partial charge on any atom is -0.355 e. The molecule has 0 unspecified atom stereocenters. The standard InChI is InChI=1S/C18H18N2/c1-3-14-8-9-17-15(12-14)18(10-11-19-17)20-16-7-5-4-6-13(16)2/h4-12H,3H2,1-2H3,(H,19,20). The summed E-state index contributed by atoms with van der Waals surface area (Å²) in [4.78, 5) is 4.44. The molecule has 0 aliphatic heterocycles. The fourth-order valence-electron chi connectivity index (χ4n) is 2.38. The second kappa shape index (κ2) is 5.33. The summed E-state index contributed by atoms with van der Waals surface area (Å²) >= 11 is 0. The number of rotatable bonds is 3. The Morgan fingerprint density at radius 2 is 1.85 bits per heavy atom. The van der Waals surface area contributed by atoms with Crippen LogP contribution in [0.15, 0.2) is 54.7 Å². The van der Waals surface area contributed by atoms with Crippen LogP contribution in [0.5, 0.6) is 0 Å². The zero-order valence-electron chi connectivity index (χ0n) is 11.9. The Morgan fingerprint density at radius 3 is 2.65 bits per heavy atom. The molecule has 0 radical (unpaired) electrons. The second-order valence-corrected chi connectivity index (χ2v) is 5.00. The van der Waals surface area contributed by atoms with Gasteiger partial charge in [0.2, 0.25) is 0 Å². The molecule has 2 nitrogen and oxygen atoms in total. The number of aromatic nitrogens is 1. The van der Waals surface area contributed by atoms with Crippen molar-refractivity contribution in [3.63, 3.8) is 0 Å². The van der Waals surface area contributed by atoms with Crippen molar-refractivity contribution in [2.45, 2.75) is 20.3 Å². The molecular formula is C18H18N2. The molecule has 20 heavy (non-hydrogen) atoms. The molecule has 3 aromatic rings. The summed E-state index contributed by atoms with van der Waals surface area (Å²) in [6.07, 6.45) is 2.89. The molecule has 1 aromatic heterocycles. The van der Waals surface area contributed by atoms with Crippen molar-refractivity contribution in [1.82, 2.24) is 4.98 Å². The number of nitrogens with one attached hydrogen (secondary N) is 1. The summed E-state index contributed by atoms with van der Waals surface area (Å²) in [5.74, 6) is 0. The minimum absolute atomic E-state index is 1.03. The molecule has 0 amide bonds. The lowest BCUT2D eigenvalue weighted by molar-refractivity contribution is 1.14. The third kappa shape index (κ3) is 2.37. The summed E-state index contributed by atoms with van der Waals surface area (Å²) in [7, 11) is 0. The number of hydrogen-bond acceptors (Lipinski definition) is 2. The minimum atomic E-state index is 1.03. The summed E-state index contributed by atoms with van der Waals surface area (Å²) < 4.78 is 0. The number of fused-ring (bicyclic) bond motifs is 1. The maximum Gasteiger partial charge on any atom is 0.0723 e. The molecule has 0 atom stereocenters. The van der Waals surface area contributed by atoms with Gasteiger partial charge in [-0.05, 0) is 48.7 Å². The Balaban J connectivity index is 2.09. The van der Waals surface area contributed by atoms with E-state index in [4.69, 9.17) is 0 Å². The van der Waals surface area contributed by atoms with Gasteiger partial charge in [0.05, 0.1) is 5.52 Å². The Kier molecular flexibility index (Phi) is 3.38. The Labute approximate surface area is 119 Å². The maximum atomic E-state index is 4.44. The van der Waals surface area contributed by atoms with Crippen LogP contribution in [0.25, 0.3) is 10.9 Å². The van der Waals surface area contributed by atoms with Crippen molar-refractivity contribution < 1.29 is 0 Å². The van der Waals surface area contributed by atoms with E-state index in [1.54, 1.807) is 0 Å². The molecule has 0 spiro atoms. The molecule has 0 aliphatic rings. The summed E-state index contributed by atoms with van der Waals surface area (Å²) in [5, 5.41) is 4.70. The highest BCUT2D eigenvalue weighted by Gasteiger charge is 2.04. The number of para-hydroxylation sites is 1. The molecule has 1 N–H and O–H groups in total. The van der Waals surface area contributed by atoms with E-state index in [0.717, 1.165) is 23.3 Å². The lowest BCUT2D eigenvalue weighted by Gasteiger charge is -2.12. The first-order valence-electron chi connectivity index (χ1n) is 6.98. The Hall–Kier alpha value is -2.35. The molecule has 100 valence electrons. The number of benzene rings is 2. The van der Waals surface area contributed by atoms with E-state index in [1.165, 1.54) is 16.5 Å². The lowest BCUT2D eigenvalue weighted by Crippen LogP contribution is -1.95. The van der Waals surface area contributed by atoms with Crippen LogP contribution in [-0.2, 0) is 6.42 Å². The molecule has 2 aromatic carbocycles. The van der Waals surface area contributed by atoms with Gasteiger partial charge in [0.1, 0.15) is 0 Å². The van der Waals surface area contributed by atoms with E-state index in [9.17, 15) is 0 Å². The van der Waals surface area contributed by atoms with Gasteiger partial charge in [0, 0.05) is 23.0 Å². The normalized spacial score (nSPS) is 10.7.